The highest BCUT2D eigenvalue weighted by atomic mass is 35.5. The Kier molecular flexibility index (Phi) is 12.4. The summed E-state index contributed by atoms with van der Waals surface area (Å²) in [5, 5.41) is 3.10. The molecule has 1 aromatic heterocycles. The molecule has 2 saturated heterocycles. The zero-order valence-electron chi connectivity index (χ0n) is 23.8. The van der Waals surface area contributed by atoms with E-state index in [1.807, 2.05) is 13.8 Å². The van der Waals surface area contributed by atoms with Gasteiger partial charge in [-0.25, -0.2) is 8.78 Å². The number of ether oxygens (including phenoxy) is 1. The van der Waals surface area contributed by atoms with E-state index in [9.17, 15) is 8.78 Å². The van der Waals surface area contributed by atoms with Gasteiger partial charge in [0, 0.05) is 45.9 Å². The number of rotatable bonds is 6. The Labute approximate surface area is 241 Å². The lowest BCUT2D eigenvalue weighted by Gasteiger charge is -2.45. The average molecular weight is 575 g/mol. The van der Waals surface area contributed by atoms with Crippen molar-refractivity contribution in [3.63, 3.8) is 0 Å². The van der Waals surface area contributed by atoms with E-state index in [1.165, 1.54) is 37.1 Å². The zero-order valence-corrected chi connectivity index (χ0v) is 24.6. The van der Waals surface area contributed by atoms with Gasteiger partial charge in [0.05, 0.1) is 6.04 Å². The molecule has 10 heteroatoms. The van der Waals surface area contributed by atoms with E-state index in [1.54, 1.807) is 31.3 Å². The molecule has 2 aliphatic rings. The van der Waals surface area contributed by atoms with Gasteiger partial charge in [0.25, 0.3) is 0 Å². The molecule has 5 rings (SSSR count). The molecule has 0 aliphatic carbocycles. The van der Waals surface area contributed by atoms with E-state index in [-0.39, 0.29) is 29.0 Å². The Morgan fingerprint density at radius 3 is 1.98 bits per heavy atom. The van der Waals surface area contributed by atoms with Crippen molar-refractivity contribution in [1.82, 2.24) is 14.9 Å². The third-order valence-corrected chi connectivity index (χ3v) is 7.13. The van der Waals surface area contributed by atoms with Crippen molar-refractivity contribution in [2.24, 2.45) is 0 Å². The van der Waals surface area contributed by atoms with Gasteiger partial charge in [-0.15, -0.1) is 0 Å². The average Bonchev–Trinajstić information content (AvgIpc) is 3.58. The molecule has 3 heterocycles. The van der Waals surface area contributed by atoms with Crippen LogP contribution in [0.1, 0.15) is 57.2 Å². The fraction of sp³-hybridized carbons (Fsp3) is 0.467. The molecule has 3 N–H and O–H groups in total. The molecule has 40 heavy (non-hydrogen) atoms. The number of nitrogens with two attached hydrogens (primary N) is 1. The fourth-order valence-corrected chi connectivity index (χ4v) is 5.16. The molecule has 0 saturated carbocycles. The summed E-state index contributed by atoms with van der Waals surface area (Å²) < 4.78 is 32.2. The van der Waals surface area contributed by atoms with Gasteiger partial charge in [-0.1, -0.05) is 45.0 Å². The monoisotopic (exact) mass is 574 g/mol. The number of hydrogen-bond acceptors (Lipinski definition) is 7. The summed E-state index contributed by atoms with van der Waals surface area (Å²) in [6.07, 6.45) is 3.41. The highest BCUT2D eigenvalue weighted by molar-refractivity contribution is 6.28. The van der Waals surface area contributed by atoms with Crippen molar-refractivity contribution in [2.45, 2.75) is 52.1 Å². The zero-order chi connectivity index (χ0) is 29.1. The molecule has 0 spiro atoms. The molecular formula is C30H41ClF2N6O. The molecular weight excluding hydrogens is 534 g/mol. The van der Waals surface area contributed by atoms with E-state index in [0.717, 1.165) is 30.8 Å². The molecule has 2 fully saturated rings. The Bertz CT molecular complexity index is 1120. The van der Waals surface area contributed by atoms with Gasteiger partial charge in [-0.05, 0) is 66.3 Å². The molecule has 2 aromatic carbocycles. The molecule has 7 nitrogen and oxygen atoms in total. The molecule has 1 atom stereocenters. The van der Waals surface area contributed by atoms with Crippen LogP contribution >= 0.6 is 11.6 Å². The Hall–Kier alpha value is -3.01. The van der Waals surface area contributed by atoms with Gasteiger partial charge in [0.1, 0.15) is 17.3 Å². The number of anilines is 3. The number of nitrogen functional groups attached to an aromatic ring is 1. The van der Waals surface area contributed by atoms with Gasteiger partial charge >= 0.3 is 0 Å². The second-order valence-electron chi connectivity index (χ2n) is 9.40. The van der Waals surface area contributed by atoms with Gasteiger partial charge < -0.3 is 20.7 Å². The largest absolute Gasteiger partial charge is 0.393 e. The molecule has 0 radical (unpaired) electrons. The van der Waals surface area contributed by atoms with Gasteiger partial charge in [-0.3, -0.25) is 4.90 Å². The van der Waals surface area contributed by atoms with Crippen molar-refractivity contribution in [3.05, 3.63) is 76.6 Å². The smallest absolute Gasteiger partial charge is 0.226 e. The summed E-state index contributed by atoms with van der Waals surface area (Å²) in [4.78, 5) is 13.1. The SMILES string of the molecule is C1CCOC1.CC.CCC1CN(C(c2ccc(F)cc2)c2ccc(F)cc2)CCN1c1nc(Cl)nc(NC)c1N. The van der Waals surface area contributed by atoms with Crippen LogP contribution in [-0.4, -0.2) is 60.8 Å². The van der Waals surface area contributed by atoms with Crippen LogP contribution in [0.25, 0.3) is 0 Å². The molecule has 218 valence electrons. The third-order valence-electron chi connectivity index (χ3n) is 6.96. The van der Waals surface area contributed by atoms with Gasteiger partial charge in [0.2, 0.25) is 5.28 Å². The highest BCUT2D eigenvalue weighted by Gasteiger charge is 2.33. The number of nitrogens with zero attached hydrogens (tertiary/aromatic N) is 4. The van der Waals surface area contributed by atoms with E-state index >= 15 is 0 Å². The molecule has 2 aliphatic heterocycles. The summed E-state index contributed by atoms with van der Waals surface area (Å²) in [5.41, 5.74) is 8.71. The van der Waals surface area contributed by atoms with E-state index in [2.05, 4.69) is 32.0 Å². The quantitative estimate of drug-likeness (QED) is 0.323. The first kappa shape index (κ1) is 31.5. The van der Waals surface area contributed by atoms with Gasteiger partial charge in [-0.2, -0.15) is 9.97 Å². The minimum atomic E-state index is -0.288. The van der Waals surface area contributed by atoms with Gasteiger partial charge in [0.15, 0.2) is 11.6 Å². The number of halogens is 3. The van der Waals surface area contributed by atoms with Crippen LogP contribution in [0.3, 0.4) is 0 Å². The Morgan fingerprint density at radius 2 is 1.52 bits per heavy atom. The lowest BCUT2D eigenvalue weighted by Crippen LogP contribution is -2.54. The first-order valence-electron chi connectivity index (χ1n) is 14.0. The second-order valence-corrected chi connectivity index (χ2v) is 9.74. The normalized spacial score (nSPS) is 17.1. The number of aromatic nitrogens is 2. The standard InChI is InChI=1S/C24H27ClF2N6.C4H8O.C2H6/c1-3-19-14-32(12-13-33(19)23-20(28)22(29-2)30-24(25)31-23)21(15-4-8-17(26)9-5-15)16-6-10-18(27)11-7-16;1-2-4-5-3-1;1-2/h4-11,19,21H,3,12-14,28H2,1-2H3,(H,29,30,31);1-4H2;1-2H3. The maximum absolute atomic E-state index is 13.6. The number of hydrogen-bond donors (Lipinski definition) is 2. The first-order chi connectivity index (χ1) is 19.4. The van der Waals surface area contributed by atoms with Crippen LogP contribution in [0, 0.1) is 11.6 Å². The first-order valence-corrected chi connectivity index (χ1v) is 14.4. The predicted octanol–water partition coefficient (Wildman–Crippen LogP) is 6.55. The fourth-order valence-electron chi connectivity index (χ4n) is 5.00. The topological polar surface area (TPSA) is 79.5 Å². The maximum atomic E-state index is 13.6. The van der Waals surface area contributed by atoms with Crippen LogP contribution in [0.5, 0.6) is 0 Å². The third kappa shape index (κ3) is 8.02. The minimum Gasteiger partial charge on any atom is -0.393 e. The summed E-state index contributed by atoms with van der Waals surface area (Å²) >= 11 is 6.16. The Balaban J connectivity index is 0.000000558. The van der Waals surface area contributed by atoms with Crippen LogP contribution in [0.4, 0.5) is 26.1 Å². The maximum Gasteiger partial charge on any atom is 0.226 e. The van der Waals surface area contributed by atoms with Crippen LogP contribution < -0.4 is 16.0 Å². The number of piperazine rings is 1. The van der Waals surface area contributed by atoms with Crippen LogP contribution in [-0.2, 0) is 4.74 Å². The van der Waals surface area contributed by atoms with Crippen molar-refractivity contribution >= 4 is 28.9 Å². The van der Waals surface area contributed by atoms with E-state index in [4.69, 9.17) is 22.1 Å². The Morgan fingerprint density at radius 1 is 0.975 bits per heavy atom. The second kappa shape index (κ2) is 15.7. The number of nitrogens with one attached hydrogen (secondary N) is 1. The highest BCUT2D eigenvalue weighted by Crippen LogP contribution is 2.35. The minimum absolute atomic E-state index is 0.111. The van der Waals surface area contributed by atoms with Crippen molar-refractivity contribution in [2.75, 3.05) is 55.8 Å². The lowest BCUT2D eigenvalue weighted by atomic mass is 9.95. The van der Waals surface area contributed by atoms with Crippen molar-refractivity contribution in [3.8, 4) is 0 Å². The predicted molar refractivity (Wildman–Crippen MR) is 160 cm³/mol. The van der Waals surface area contributed by atoms with Crippen LogP contribution in [0.15, 0.2) is 48.5 Å². The van der Waals surface area contributed by atoms with Crippen molar-refractivity contribution in [1.29, 1.82) is 0 Å². The molecule has 0 amide bonds. The lowest BCUT2D eigenvalue weighted by molar-refractivity contribution is 0.180. The summed E-state index contributed by atoms with van der Waals surface area (Å²) in [5.74, 6) is 0.539. The van der Waals surface area contributed by atoms with E-state index in [0.29, 0.717) is 37.0 Å². The summed E-state index contributed by atoms with van der Waals surface area (Å²) in [7, 11) is 1.74. The molecule has 0 bridgehead atoms. The molecule has 3 aromatic rings. The van der Waals surface area contributed by atoms with E-state index < -0.39 is 0 Å². The summed E-state index contributed by atoms with van der Waals surface area (Å²) in [6.45, 7) is 10.2. The molecule has 1 unspecified atom stereocenters. The number of benzene rings is 2. The van der Waals surface area contributed by atoms with Crippen LogP contribution in [0.2, 0.25) is 5.28 Å². The summed E-state index contributed by atoms with van der Waals surface area (Å²) in [6, 6.07) is 13.0. The van der Waals surface area contributed by atoms with Crippen molar-refractivity contribution < 1.29 is 13.5 Å².